The standard InChI is InChI=1S/C16H33NO/c1-14(2,3)12-10-11-17(16(7,8)9)18-13(12)15(4,5)6/h12-13H,10-11H2,1-9H3. The molecule has 0 bridgehead atoms. The van der Waals surface area contributed by atoms with Crippen LogP contribution in [0, 0.1) is 16.7 Å². The molecule has 2 nitrogen and oxygen atoms in total. The van der Waals surface area contributed by atoms with Crippen molar-refractivity contribution >= 4 is 0 Å². The van der Waals surface area contributed by atoms with E-state index in [-0.39, 0.29) is 11.0 Å². The van der Waals surface area contributed by atoms with Gasteiger partial charge in [-0.2, -0.15) is 5.06 Å². The highest BCUT2D eigenvalue weighted by Crippen LogP contribution is 2.44. The molecule has 0 amide bonds. The van der Waals surface area contributed by atoms with Crippen LogP contribution >= 0.6 is 0 Å². The van der Waals surface area contributed by atoms with Gasteiger partial charge in [0, 0.05) is 12.1 Å². The lowest BCUT2D eigenvalue weighted by molar-refractivity contribution is -0.308. The van der Waals surface area contributed by atoms with Crippen LogP contribution in [0.1, 0.15) is 68.7 Å². The van der Waals surface area contributed by atoms with Gasteiger partial charge in [-0.05, 0) is 43.9 Å². The molecule has 1 heterocycles. The third kappa shape index (κ3) is 3.71. The van der Waals surface area contributed by atoms with Gasteiger partial charge in [-0.15, -0.1) is 0 Å². The van der Waals surface area contributed by atoms with E-state index in [0.29, 0.717) is 17.4 Å². The fourth-order valence-corrected chi connectivity index (χ4v) is 2.81. The van der Waals surface area contributed by atoms with Crippen molar-refractivity contribution in [2.24, 2.45) is 16.7 Å². The quantitative estimate of drug-likeness (QED) is 0.632. The maximum absolute atomic E-state index is 6.39. The Morgan fingerprint density at radius 1 is 0.833 bits per heavy atom. The van der Waals surface area contributed by atoms with Crippen molar-refractivity contribution in [3.63, 3.8) is 0 Å². The zero-order valence-electron chi connectivity index (χ0n) is 13.9. The monoisotopic (exact) mass is 255 g/mol. The highest BCUT2D eigenvalue weighted by atomic mass is 16.7. The van der Waals surface area contributed by atoms with Gasteiger partial charge < -0.3 is 0 Å². The molecule has 1 rings (SSSR count). The van der Waals surface area contributed by atoms with Gasteiger partial charge in [-0.1, -0.05) is 41.5 Å². The van der Waals surface area contributed by atoms with E-state index in [0.717, 1.165) is 6.54 Å². The molecular weight excluding hydrogens is 222 g/mol. The fourth-order valence-electron chi connectivity index (χ4n) is 2.81. The summed E-state index contributed by atoms with van der Waals surface area (Å²) >= 11 is 0. The van der Waals surface area contributed by atoms with Crippen LogP contribution in [0.3, 0.4) is 0 Å². The molecule has 2 atom stereocenters. The molecular formula is C16H33NO. The molecule has 0 aromatic carbocycles. The molecule has 0 spiro atoms. The number of rotatable bonds is 0. The molecule has 0 N–H and O–H groups in total. The molecule has 1 aliphatic rings. The molecule has 0 aliphatic carbocycles. The molecule has 1 aliphatic heterocycles. The van der Waals surface area contributed by atoms with Crippen molar-refractivity contribution in [1.29, 1.82) is 0 Å². The van der Waals surface area contributed by atoms with Crippen LogP contribution in [0.25, 0.3) is 0 Å². The van der Waals surface area contributed by atoms with Gasteiger partial charge in [0.05, 0.1) is 6.10 Å². The summed E-state index contributed by atoms with van der Waals surface area (Å²) in [5.41, 5.74) is 0.580. The van der Waals surface area contributed by atoms with Crippen LogP contribution < -0.4 is 0 Å². The van der Waals surface area contributed by atoms with Gasteiger partial charge in [-0.25, -0.2) is 0 Å². The average molecular weight is 255 g/mol. The molecule has 2 heteroatoms. The maximum atomic E-state index is 6.39. The second-order valence-corrected chi connectivity index (χ2v) is 8.93. The first-order valence-corrected chi connectivity index (χ1v) is 7.28. The summed E-state index contributed by atoms with van der Waals surface area (Å²) in [5, 5.41) is 2.19. The minimum atomic E-state index is 0.0896. The summed E-state index contributed by atoms with van der Waals surface area (Å²) in [6, 6.07) is 0. The van der Waals surface area contributed by atoms with Crippen LogP contribution in [0.15, 0.2) is 0 Å². The van der Waals surface area contributed by atoms with Crippen molar-refractivity contribution in [2.45, 2.75) is 80.4 Å². The number of hydrogen-bond acceptors (Lipinski definition) is 2. The summed E-state index contributed by atoms with van der Waals surface area (Å²) in [4.78, 5) is 6.39. The first-order valence-electron chi connectivity index (χ1n) is 7.28. The maximum Gasteiger partial charge on any atom is 0.0875 e. The molecule has 1 saturated heterocycles. The lowest BCUT2D eigenvalue weighted by Gasteiger charge is -2.51. The number of nitrogens with zero attached hydrogens (tertiary/aromatic N) is 1. The van der Waals surface area contributed by atoms with Gasteiger partial charge in [0.2, 0.25) is 0 Å². The molecule has 108 valence electrons. The molecule has 0 radical (unpaired) electrons. The smallest absolute Gasteiger partial charge is 0.0875 e. The van der Waals surface area contributed by atoms with Crippen LogP contribution in [0.2, 0.25) is 0 Å². The van der Waals surface area contributed by atoms with E-state index in [9.17, 15) is 0 Å². The number of hydrogen-bond donors (Lipinski definition) is 0. The van der Waals surface area contributed by atoms with Gasteiger partial charge in [0.25, 0.3) is 0 Å². The minimum Gasteiger partial charge on any atom is -0.294 e. The molecule has 18 heavy (non-hydrogen) atoms. The Morgan fingerprint density at radius 3 is 1.67 bits per heavy atom. The fraction of sp³-hybridized carbons (Fsp3) is 1.00. The van der Waals surface area contributed by atoms with E-state index in [1.807, 2.05) is 0 Å². The summed E-state index contributed by atoms with van der Waals surface area (Å²) in [7, 11) is 0. The Balaban J connectivity index is 2.94. The van der Waals surface area contributed by atoms with Gasteiger partial charge in [0.1, 0.15) is 0 Å². The Morgan fingerprint density at radius 2 is 1.33 bits per heavy atom. The predicted molar refractivity (Wildman–Crippen MR) is 78.3 cm³/mol. The Hall–Kier alpha value is -0.0800. The zero-order valence-corrected chi connectivity index (χ0v) is 13.9. The molecule has 2 unspecified atom stereocenters. The molecule has 0 saturated carbocycles. The average Bonchev–Trinajstić information content (AvgIpc) is 2.12. The van der Waals surface area contributed by atoms with Crippen molar-refractivity contribution in [2.75, 3.05) is 6.54 Å². The van der Waals surface area contributed by atoms with Gasteiger partial charge in [0.15, 0.2) is 0 Å². The number of hydroxylamine groups is 2. The van der Waals surface area contributed by atoms with Crippen molar-refractivity contribution in [3.8, 4) is 0 Å². The summed E-state index contributed by atoms with van der Waals surface area (Å²) < 4.78 is 0. The lowest BCUT2D eigenvalue weighted by Crippen LogP contribution is -2.56. The Labute approximate surface area is 114 Å². The predicted octanol–water partition coefficient (Wildman–Crippen LogP) is 4.50. The third-order valence-electron chi connectivity index (χ3n) is 3.96. The summed E-state index contributed by atoms with van der Waals surface area (Å²) in [6.07, 6.45) is 1.52. The second-order valence-electron chi connectivity index (χ2n) is 8.93. The van der Waals surface area contributed by atoms with Crippen LogP contribution in [0.4, 0.5) is 0 Å². The van der Waals surface area contributed by atoms with E-state index < -0.39 is 0 Å². The summed E-state index contributed by atoms with van der Waals surface area (Å²) in [6.45, 7) is 21.6. The zero-order chi connectivity index (χ0) is 14.4. The van der Waals surface area contributed by atoms with Crippen LogP contribution in [0.5, 0.6) is 0 Å². The Kier molecular flexibility index (Phi) is 4.25. The van der Waals surface area contributed by atoms with E-state index >= 15 is 0 Å². The molecule has 1 fully saturated rings. The van der Waals surface area contributed by atoms with E-state index in [4.69, 9.17) is 4.84 Å². The highest BCUT2D eigenvalue weighted by Gasteiger charge is 2.45. The van der Waals surface area contributed by atoms with Crippen molar-refractivity contribution in [1.82, 2.24) is 5.06 Å². The molecule has 0 aromatic heterocycles. The first kappa shape index (κ1) is 16.0. The van der Waals surface area contributed by atoms with Crippen molar-refractivity contribution in [3.05, 3.63) is 0 Å². The first-order chi connectivity index (χ1) is 7.83. The molecule has 0 aromatic rings. The van der Waals surface area contributed by atoms with Gasteiger partial charge >= 0.3 is 0 Å². The van der Waals surface area contributed by atoms with Crippen LogP contribution in [-0.2, 0) is 4.84 Å². The normalized spacial score (nSPS) is 28.5. The second kappa shape index (κ2) is 4.79. The largest absolute Gasteiger partial charge is 0.294 e. The summed E-state index contributed by atoms with van der Waals surface area (Å²) in [5.74, 6) is 0.621. The highest BCUT2D eigenvalue weighted by molar-refractivity contribution is 4.91. The van der Waals surface area contributed by atoms with E-state index in [2.05, 4.69) is 67.4 Å². The topological polar surface area (TPSA) is 12.5 Å². The SMILES string of the molecule is CC(C)(C)C1CCN(C(C)(C)C)OC1C(C)(C)C. The van der Waals surface area contributed by atoms with E-state index in [1.54, 1.807) is 0 Å². The van der Waals surface area contributed by atoms with Crippen LogP contribution in [-0.4, -0.2) is 23.3 Å². The minimum absolute atomic E-state index is 0.0896. The lowest BCUT2D eigenvalue weighted by atomic mass is 9.68. The van der Waals surface area contributed by atoms with Gasteiger partial charge in [-0.3, -0.25) is 4.84 Å². The Bertz CT molecular complexity index is 277. The van der Waals surface area contributed by atoms with Crippen molar-refractivity contribution < 1.29 is 4.84 Å². The van der Waals surface area contributed by atoms with E-state index in [1.165, 1.54) is 6.42 Å². The third-order valence-corrected chi connectivity index (χ3v) is 3.96.